The van der Waals surface area contributed by atoms with Crippen molar-refractivity contribution in [2.24, 2.45) is 0 Å². The van der Waals surface area contributed by atoms with Gasteiger partial charge in [0.15, 0.2) is 0 Å². The van der Waals surface area contributed by atoms with Gasteiger partial charge in [-0.25, -0.2) is 0 Å². The Morgan fingerprint density at radius 3 is 2.53 bits per heavy atom. The van der Waals surface area contributed by atoms with Crippen molar-refractivity contribution in [3.8, 4) is 0 Å². The SMILES string of the molecule is C[C@H](NC(=O)C(C)(Cc1c[nH]c2ccccc12)NCc1ccc[nH]1)c1ccccc1. The topological polar surface area (TPSA) is 72.7 Å². The molecule has 2 atom stereocenters. The van der Waals surface area contributed by atoms with Crippen LogP contribution < -0.4 is 10.6 Å². The van der Waals surface area contributed by atoms with Gasteiger partial charge in [-0.2, -0.15) is 0 Å². The zero-order valence-electron chi connectivity index (χ0n) is 17.4. The minimum Gasteiger partial charge on any atom is -0.364 e. The van der Waals surface area contributed by atoms with Crippen LogP contribution in [-0.4, -0.2) is 21.4 Å². The molecule has 0 saturated heterocycles. The molecule has 5 nitrogen and oxygen atoms in total. The first-order valence-corrected chi connectivity index (χ1v) is 10.3. The summed E-state index contributed by atoms with van der Waals surface area (Å²) < 4.78 is 0. The number of H-pyrrole nitrogens is 2. The number of aromatic nitrogens is 2. The number of rotatable bonds is 8. The fourth-order valence-electron chi connectivity index (χ4n) is 3.83. The Hall–Kier alpha value is -3.31. The molecule has 154 valence electrons. The number of hydrogen-bond acceptors (Lipinski definition) is 2. The Morgan fingerprint density at radius 2 is 1.77 bits per heavy atom. The maximum Gasteiger partial charge on any atom is 0.240 e. The summed E-state index contributed by atoms with van der Waals surface area (Å²) in [4.78, 5) is 20.0. The van der Waals surface area contributed by atoms with Crippen LogP contribution in [0.15, 0.2) is 79.1 Å². The Kier molecular flexibility index (Phi) is 5.72. The molecule has 5 heteroatoms. The summed E-state index contributed by atoms with van der Waals surface area (Å²) in [6.45, 7) is 4.58. The van der Waals surface area contributed by atoms with Gasteiger partial charge in [0.1, 0.15) is 0 Å². The van der Waals surface area contributed by atoms with E-state index in [1.165, 1.54) is 0 Å². The highest BCUT2D eigenvalue weighted by Gasteiger charge is 2.34. The van der Waals surface area contributed by atoms with E-state index in [2.05, 4.69) is 32.7 Å². The van der Waals surface area contributed by atoms with Crippen molar-refractivity contribution in [2.45, 2.75) is 38.4 Å². The number of aromatic amines is 2. The molecular formula is C25H28N4O. The molecule has 0 radical (unpaired) electrons. The van der Waals surface area contributed by atoms with Gasteiger partial charge in [-0.1, -0.05) is 48.5 Å². The number of fused-ring (bicyclic) bond motifs is 1. The van der Waals surface area contributed by atoms with Crippen molar-refractivity contribution < 1.29 is 4.79 Å². The van der Waals surface area contributed by atoms with E-state index >= 15 is 0 Å². The van der Waals surface area contributed by atoms with Crippen molar-refractivity contribution in [1.29, 1.82) is 0 Å². The average molecular weight is 401 g/mol. The van der Waals surface area contributed by atoms with Crippen molar-refractivity contribution in [3.63, 3.8) is 0 Å². The molecule has 0 spiro atoms. The van der Waals surface area contributed by atoms with Crippen LogP contribution in [0.4, 0.5) is 0 Å². The summed E-state index contributed by atoms with van der Waals surface area (Å²) in [5.41, 5.74) is 3.56. The Morgan fingerprint density at radius 1 is 1.00 bits per heavy atom. The molecule has 2 aromatic carbocycles. The quantitative estimate of drug-likeness (QED) is 0.352. The van der Waals surface area contributed by atoms with E-state index in [9.17, 15) is 4.79 Å². The third-order valence-electron chi connectivity index (χ3n) is 5.70. The van der Waals surface area contributed by atoms with Crippen LogP contribution in [-0.2, 0) is 17.8 Å². The highest BCUT2D eigenvalue weighted by Crippen LogP contribution is 2.24. The zero-order valence-corrected chi connectivity index (χ0v) is 17.4. The molecule has 0 aliphatic heterocycles. The number of para-hydroxylation sites is 1. The molecule has 0 fully saturated rings. The second kappa shape index (κ2) is 8.59. The molecule has 2 heterocycles. The van der Waals surface area contributed by atoms with E-state index < -0.39 is 5.54 Å². The van der Waals surface area contributed by atoms with Gasteiger partial charge in [0, 0.05) is 42.0 Å². The lowest BCUT2D eigenvalue weighted by molar-refractivity contribution is -0.127. The van der Waals surface area contributed by atoms with Gasteiger partial charge >= 0.3 is 0 Å². The van der Waals surface area contributed by atoms with Gasteiger partial charge in [0.2, 0.25) is 5.91 Å². The van der Waals surface area contributed by atoms with Crippen molar-refractivity contribution in [2.75, 3.05) is 0 Å². The van der Waals surface area contributed by atoms with Crippen molar-refractivity contribution >= 4 is 16.8 Å². The van der Waals surface area contributed by atoms with Crippen LogP contribution in [0.1, 0.15) is 36.7 Å². The molecule has 1 amide bonds. The molecule has 4 rings (SSSR count). The van der Waals surface area contributed by atoms with Gasteiger partial charge in [-0.05, 0) is 43.2 Å². The largest absolute Gasteiger partial charge is 0.364 e. The van der Waals surface area contributed by atoms with Gasteiger partial charge in [0.25, 0.3) is 0 Å². The van der Waals surface area contributed by atoms with E-state index in [0.29, 0.717) is 13.0 Å². The van der Waals surface area contributed by atoms with E-state index in [1.807, 2.05) is 80.8 Å². The molecule has 30 heavy (non-hydrogen) atoms. The number of amides is 1. The molecular weight excluding hydrogens is 372 g/mol. The molecule has 1 unspecified atom stereocenters. The number of hydrogen-bond donors (Lipinski definition) is 4. The minimum atomic E-state index is -0.779. The third-order valence-corrected chi connectivity index (χ3v) is 5.70. The van der Waals surface area contributed by atoms with Crippen LogP contribution in [0.3, 0.4) is 0 Å². The number of carbonyl (C=O) groups excluding carboxylic acids is 1. The van der Waals surface area contributed by atoms with E-state index in [0.717, 1.165) is 27.7 Å². The first kappa shape index (κ1) is 20.0. The molecule has 4 aromatic rings. The van der Waals surface area contributed by atoms with Crippen LogP contribution in [0.2, 0.25) is 0 Å². The first-order chi connectivity index (χ1) is 14.5. The second-order valence-corrected chi connectivity index (χ2v) is 8.02. The second-order valence-electron chi connectivity index (χ2n) is 8.02. The predicted molar refractivity (Wildman–Crippen MR) is 121 cm³/mol. The average Bonchev–Trinajstić information content (AvgIpc) is 3.43. The summed E-state index contributed by atoms with van der Waals surface area (Å²) in [7, 11) is 0. The predicted octanol–water partition coefficient (Wildman–Crippen LogP) is 4.46. The summed E-state index contributed by atoms with van der Waals surface area (Å²) in [5, 5.41) is 7.85. The number of nitrogens with one attached hydrogen (secondary N) is 4. The zero-order chi connectivity index (χ0) is 21.0. The van der Waals surface area contributed by atoms with Crippen LogP contribution in [0.25, 0.3) is 10.9 Å². The highest BCUT2D eigenvalue weighted by atomic mass is 16.2. The van der Waals surface area contributed by atoms with Gasteiger partial charge in [-0.15, -0.1) is 0 Å². The van der Waals surface area contributed by atoms with Crippen molar-refractivity contribution in [3.05, 3.63) is 95.9 Å². The van der Waals surface area contributed by atoms with Gasteiger partial charge in [-0.3, -0.25) is 10.1 Å². The fourth-order valence-corrected chi connectivity index (χ4v) is 3.83. The summed E-state index contributed by atoms with van der Waals surface area (Å²) in [5.74, 6) is -0.0179. The molecule has 0 aliphatic rings. The molecule has 4 N–H and O–H groups in total. The minimum absolute atomic E-state index is 0.0179. The summed E-state index contributed by atoms with van der Waals surface area (Å²) in [6, 6.07) is 22.1. The van der Waals surface area contributed by atoms with Crippen LogP contribution in [0.5, 0.6) is 0 Å². The van der Waals surface area contributed by atoms with Gasteiger partial charge < -0.3 is 15.3 Å². The Labute approximate surface area is 176 Å². The Balaban J connectivity index is 1.58. The monoisotopic (exact) mass is 400 g/mol. The van der Waals surface area contributed by atoms with Crippen molar-refractivity contribution in [1.82, 2.24) is 20.6 Å². The standard InChI is InChI=1S/C25H28N4O/c1-18(19-9-4-3-5-10-19)29-24(30)25(2,28-17-21-11-8-14-26-21)15-20-16-27-23-13-7-6-12-22(20)23/h3-14,16,18,26-28H,15,17H2,1-2H3,(H,29,30)/t18-,25?/m0/s1. The van der Waals surface area contributed by atoms with E-state index in [4.69, 9.17) is 0 Å². The van der Waals surface area contributed by atoms with E-state index in [1.54, 1.807) is 0 Å². The van der Waals surface area contributed by atoms with Gasteiger partial charge in [0.05, 0.1) is 11.6 Å². The lowest BCUT2D eigenvalue weighted by Crippen LogP contribution is -2.56. The lowest BCUT2D eigenvalue weighted by atomic mass is 9.90. The smallest absolute Gasteiger partial charge is 0.240 e. The fraction of sp³-hybridized carbons (Fsp3) is 0.240. The maximum atomic E-state index is 13.5. The third kappa shape index (κ3) is 4.31. The summed E-state index contributed by atoms with van der Waals surface area (Å²) in [6.07, 6.45) is 4.48. The summed E-state index contributed by atoms with van der Waals surface area (Å²) >= 11 is 0. The normalized spacial score (nSPS) is 14.3. The lowest BCUT2D eigenvalue weighted by Gasteiger charge is -2.31. The van der Waals surface area contributed by atoms with E-state index in [-0.39, 0.29) is 11.9 Å². The maximum absolute atomic E-state index is 13.5. The molecule has 0 bridgehead atoms. The highest BCUT2D eigenvalue weighted by molar-refractivity contribution is 5.89. The van der Waals surface area contributed by atoms with Crippen LogP contribution in [0, 0.1) is 0 Å². The molecule has 0 saturated carbocycles. The molecule has 0 aliphatic carbocycles. The van der Waals surface area contributed by atoms with Crippen LogP contribution >= 0.6 is 0 Å². The Bertz CT molecular complexity index is 1100. The number of carbonyl (C=O) groups is 1. The number of benzene rings is 2. The molecule has 2 aromatic heterocycles. The first-order valence-electron chi connectivity index (χ1n) is 10.3.